The number of rotatable bonds is 15. The zero-order chi connectivity index (χ0) is 34.6. The van der Waals surface area contributed by atoms with Gasteiger partial charge in [0.1, 0.15) is 17.8 Å². The van der Waals surface area contributed by atoms with Crippen LogP contribution in [0.5, 0.6) is 0 Å². The van der Waals surface area contributed by atoms with E-state index in [1.165, 1.54) is 0 Å². The van der Waals surface area contributed by atoms with Crippen molar-refractivity contribution in [2.75, 3.05) is 13.2 Å². The highest BCUT2D eigenvalue weighted by Gasteiger charge is 2.45. The van der Waals surface area contributed by atoms with Gasteiger partial charge in [-0.25, -0.2) is 0 Å². The first-order valence-corrected chi connectivity index (χ1v) is 17.8. The summed E-state index contributed by atoms with van der Waals surface area (Å²) in [6.07, 6.45) is -1.01. The molecule has 51 heavy (non-hydrogen) atoms. The Bertz CT molecular complexity index is 1760. The lowest BCUT2D eigenvalue weighted by atomic mass is 9.80. The van der Waals surface area contributed by atoms with Crippen LogP contribution in [0.15, 0.2) is 182 Å². The highest BCUT2D eigenvalue weighted by Crippen LogP contribution is 2.41. The summed E-state index contributed by atoms with van der Waals surface area (Å²) >= 11 is 0. The fraction of sp³-hybridized carbons (Fsp3) is 0.217. The molecule has 0 aromatic heterocycles. The maximum absolute atomic E-state index is 7.35. The van der Waals surface area contributed by atoms with E-state index < -0.39 is 5.60 Å². The summed E-state index contributed by atoms with van der Waals surface area (Å²) < 4.78 is 27.7. The number of hydrogen-bond acceptors (Lipinski definition) is 5. The van der Waals surface area contributed by atoms with Crippen LogP contribution in [0.1, 0.15) is 33.4 Å². The third-order valence-electron chi connectivity index (χ3n) is 9.57. The lowest BCUT2D eigenvalue weighted by Gasteiger charge is -2.44. The van der Waals surface area contributed by atoms with Gasteiger partial charge in [0.15, 0.2) is 0 Å². The molecule has 0 bridgehead atoms. The van der Waals surface area contributed by atoms with Gasteiger partial charge in [-0.15, -0.1) is 0 Å². The SMILES string of the molecule is c1ccc(CO[C@H]2[C@H](OCc3ccccc3)[C@@H](COC(c3ccccc3)(c3ccccc3)c3ccccc3)NC[C@@H]2OCc2ccccc2)cc1. The van der Waals surface area contributed by atoms with Crippen LogP contribution in [-0.4, -0.2) is 37.5 Å². The summed E-state index contributed by atoms with van der Waals surface area (Å²) in [5, 5.41) is 3.79. The lowest BCUT2D eigenvalue weighted by Crippen LogP contribution is -2.63. The van der Waals surface area contributed by atoms with Crippen molar-refractivity contribution in [2.24, 2.45) is 0 Å². The van der Waals surface area contributed by atoms with Crippen molar-refractivity contribution in [3.8, 4) is 0 Å². The number of ether oxygens (including phenoxy) is 4. The average Bonchev–Trinajstić information content (AvgIpc) is 3.21. The van der Waals surface area contributed by atoms with E-state index in [-0.39, 0.29) is 24.4 Å². The zero-order valence-electron chi connectivity index (χ0n) is 28.8. The van der Waals surface area contributed by atoms with Gasteiger partial charge in [-0.2, -0.15) is 0 Å². The maximum atomic E-state index is 7.35. The molecule has 1 heterocycles. The van der Waals surface area contributed by atoms with Crippen molar-refractivity contribution in [2.45, 2.75) is 49.8 Å². The predicted octanol–water partition coefficient (Wildman–Crippen LogP) is 8.72. The first kappa shape index (κ1) is 34.6. The minimum absolute atomic E-state index is 0.207. The fourth-order valence-electron chi connectivity index (χ4n) is 6.96. The summed E-state index contributed by atoms with van der Waals surface area (Å²) in [4.78, 5) is 0. The van der Waals surface area contributed by atoms with Gasteiger partial charge in [-0.05, 0) is 33.4 Å². The Morgan fingerprint density at radius 1 is 0.431 bits per heavy atom. The molecule has 7 rings (SSSR count). The van der Waals surface area contributed by atoms with Crippen LogP contribution in [0.25, 0.3) is 0 Å². The van der Waals surface area contributed by atoms with Crippen molar-refractivity contribution < 1.29 is 18.9 Å². The molecule has 1 aliphatic heterocycles. The monoisotopic (exact) mass is 675 g/mol. The molecular weight excluding hydrogens is 631 g/mol. The summed E-state index contributed by atoms with van der Waals surface area (Å²) in [5.41, 5.74) is 5.62. The van der Waals surface area contributed by atoms with Crippen LogP contribution in [0, 0.1) is 0 Å². The highest BCUT2D eigenvalue weighted by atomic mass is 16.6. The highest BCUT2D eigenvalue weighted by molar-refractivity contribution is 5.47. The van der Waals surface area contributed by atoms with Crippen LogP contribution in [-0.2, 0) is 44.4 Å². The van der Waals surface area contributed by atoms with Gasteiger partial charge in [-0.3, -0.25) is 0 Å². The molecule has 0 amide bonds. The topological polar surface area (TPSA) is 49.0 Å². The standard InChI is InChI=1S/C46H45NO4/c1-7-19-36(20-8-1)32-48-43-31-47-42(44(49-33-37-21-9-2-10-22-37)45(43)50-34-38-23-11-3-12-24-38)35-51-46(39-25-13-4-14-26-39,40-27-15-5-16-28-40)41-29-17-6-18-30-41/h1-30,42-45,47H,31-35H2/t42-,43+,44-,45-/m1/s1. The number of nitrogens with one attached hydrogen (secondary N) is 1. The van der Waals surface area contributed by atoms with Crippen LogP contribution < -0.4 is 5.32 Å². The van der Waals surface area contributed by atoms with E-state index in [0.29, 0.717) is 33.0 Å². The van der Waals surface area contributed by atoms with Crippen LogP contribution in [0.3, 0.4) is 0 Å². The third kappa shape index (κ3) is 8.54. The minimum atomic E-state index is -0.865. The van der Waals surface area contributed by atoms with Gasteiger partial charge in [-0.1, -0.05) is 182 Å². The first-order valence-electron chi connectivity index (χ1n) is 17.8. The predicted molar refractivity (Wildman–Crippen MR) is 202 cm³/mol. The molecule has 0 radical (unpaired) electrons. The van der Waals surface area contributed by atoms with Crippen LogP contribution in [0.2, 0.25) is 0 Å². The summed E-state index contributed by atoms with van der Waals surface area (Å²) in [6.45, 7) is 2.29. The second-order valence-electron chi connectivity index (χ2n) is 13.0. The molecule has 0 saturated carbocycles. The maximum Gasteiger partial charge on any atom is 0.143 e. The molecule has 1 fully saturated rings. The molecule has 0 aliphatic carbocycles. The molecule has 1 saturated heterocycles. The first-order chi connectivity index (χ1) is 25.3. The molecule has 5 heteroatoms. The summed E-state index contributed by atoms with van der Waals surface area (Å²) in [5.74, 6) is 0. The van der Waals surface area contributed by atoms with Crippen LogP contribution >= 0.6 is 0 Å². The quantitative estimate of drug-likeness (QED) is 0.110. The summed E-state index contributed by atoms with van der Waals surface area (Å²) in [6, 6.07) is 62.2. The van der Waals surface area contributed by atoms with Gasteiger partial charge >= 0.3 is 0 Å². The van der Waals surface area contributed by atoms with E-state index >= 15 is 0 Å². The van der Waals surface area contributed by atoms with E-state index in [9.17, 15) is 0 Å². The summed E-state index contributed by atoms with van der Waals surface area (Å²) in [7, 11) is 0. The molecule has 0 unspecified atom stereocenters. The molecule has 6 aromatic carbocycles. The van der Waals surface area contributed by atoms with E-state index in [1.54, 1.807) is 0 Å². The normalized spacial score (nSPS) is 19.1. The fourth-order valence-corrected chi connectivity index (χ4v) is 6.96. The van der Waals surface area contributed by atoms with Crippen molar-refractivity contribution >= 4 is 0 Å². The zero-order valence-corrected chi connectivity index (χ0v) is 28.8. The second kappa shape index (κ2) is 17.4. The van der Waals surface area contributed by atoms with Crippen molar-refractivity contribution in [3.05, 3.63) is 215 Å². The van der Waals surface area contributed by atoms with Gasteiger partial charge in [0.2, 0.25) is 0 Å². The second-order valence-corrected chi connectivity index (χ2v) is 13.0. The Hall–Kier alpha value is -4.88. The largest absolute Gasteiger partial charge is 0.369 e. The molecule has 0 spiro atoms. The molecule has 1 N–H and O–H groups in total. The molecule has 5 nitrogen and oxygen atoms in total. The number of benzene rings is 6. The van der Waals surface area contributed by atoms with Gasteiger partial charge < -0.3 is 24.3 Å². The van der Waals surface area contributed by atoms with Crippen molar-refractivity contribution in [1.29, 1.82) is 0 Å². The Balaban J connectivity index is 1.23. The number of piperidine rings is 1. The lowest BCUT2D eigenvalue weighted by molar-refractivity contribution is -0.184. The Morgan fingerprint density at radius 2 is 0.784 bits per heavy atom. The van der Waals surface area contributed by atoms with E-state index in [2.05, 4.69) is 115 Å². The molecular formula is C46H45NO4. The van der Waals surface area contributed by atoms with Gasteiger partial charge in [0.05, 0.1) is 38.6 Å². The van der Waals surface area contributed by atoms with Crippen molar-refractivity contribution in [3.63, 3.8) is 0 Å². The Morgan fingerprint density at radius 3 is 1.20 bits per heavy atom. The Labute approximate surface area is 301 Å². The van der Waals surface area contributed by atoms with Crippen molar-refractivity contribution in [1.82, 2.24) is 5.32 Å². The van der Waals surface area contributed by atoms with E-state index in [1.807, 2.05) is 72.8 Å². The molecule has 6 aromatic rings. The Kier molecular flexibility index (Phi) is 11.8. The molecule has 258 valence electrons. The minimum Gasteiger partial charge on any atom is -0.369 e. The molecule has 1 aliphatic rings. The third-order valence-corrected chi connectivity index (χ3v) is 9.57. The number of hydrogen-bond donors (Lipinski definition) is 1. The smallest absolute Gasteiger partial charge is 0.143 e. The van der Waals surface area contributed by atoms with Gasteiger partial charge in [0.25, 0.3) is 0 Å². The molecule has 4 atom stereocenters. The van der Waals surface area contributed by atoms with Gasteiger partial charge in [0, 0.05) is 6.54 Å². The van der Waals surface area contributed by atoms with Crippen LogP contribution in [0.4, 0.5) is 0 Å². The van der Waals surface area contributed by atoms with E-state index in [4.69, 9.17) is 18.9 Å². The van der Waals surface area contributed by atoms with E-state index in [0.717, 1.165) is 33.4 Å². The average molecular weight is 676 g/mol.